The summed E-state index contributed by atoms with van der Waals surface area (Å²) in [6.45, 7) is 6.46. The lowest BCUT2D eigenvalue weighted by Gasteiger charge is -2.24. The second-order valence-corrected chi connectivity index (χ2v) is 6.35. The van der Waals surface area contributed by atoms with E-state index in [2.05, 4.69) is 65.3 Å². The molecule has 0 spiro atoms. The summed E-state index contributed by atoms with van der Waals surface area (Å²) in [6, 6.07) is 12.7. The van der Waals surface area contributed by atoms with E-state index in [4.69, 9.17) is 5.73 Å². The fourth-order valence-electron chi connectivity index (χ4n) is 3.10. The maximum absolute atomic E-state index is 6.12. The van der Waals surface area contributed by atoms with Crippen molar-refractivity contribution in [3.05, 3.63) is 36.4 Å². The van der Waals surface area contributed by atoms with Crippen LogP contribution in [0.1, 0.15) is 39.5 Å². The van der Waals surface area contributed by atoms with Crippen molar-refractivity contribution in [1.29, 1.82) is 0 Å². The number of benzene rings is 2. The number of nitrogen functional groups attached to an aromatic ring is 1. The molecule has 0 saturated carbocycles. The number of rotatable bonds is 7. The molecule has 0 saturated heterocycles. The predicted molar refractivity (Wildman–Crippen MR) is 103 cm³/mol. The largest absolute Gasteiger partial charge is 0.382 e. The van der Waals surface area contributed by atoms with E-state index in [1.165, 1.54) is 23.6 Å². The van der Waals surface area contributed by atoms with Gasteiger partial charge < -0.3 is 10.6 Å². The van der Waals surface area contributed by atoms with Crippen LogP contribution < -0.4 is 10.6 Å². The molecule has 0 aliphatic heterocycles. The molecule has 4 heteroatoms. The highest BCUT2D eigenvalue weighted by Crippen LogP contribution is 2.31. The van der Waals surface area contributed by atoms with Crippen LogP contribution in [0.4, 0.5) is 11.6 Å². The summed E-state index contributed by atoms with van der Waals surface area (Å²) >= 11 is 0. The number of aromatic nitrogens is 2. The zero-order valence-electron chi connectivity index (χ0n) is 14.6. The highest BCUT2D eigenvalue weighted by molar-refractivity contribution is 6.06. The minimum absolute atomic E-state index is 0.505. The summed E-state index contributed by atoms with van der Waals surface area (Å²) in [7, 11) is 0. The maximum Gasteiger partial charge on any atom is 0.159 e. The van der Waals surface area contributed by atoms with E-state index >= 15 is 0 Å². The molecule has 1 heterocycles. The Kier molecular flexibility index (Phi) is 5.14. The zero-order chi connectivity index (χ0) is 16.9. The molecule has 0 atom stereocenters. The summed E-state index contributed by atoms with van der Waals surface area (Å²) in [4.78, 5) is 2.37. The normalized spacial score (nSPS) is 11.2. The molecule has 24 heavy (non-hydrogen) atoms. The molecule has 0 fully saturated rings. The van der Waals surface area contributed by atoms with Crippen molar-refractivity contribution in [2.75, 3.05) is 23.7 Å². The molecular weight excluding hydrogens is 296 g/mol. The fraction of sp³-hybridized carbons (Fsp3) is 0.400. The van der Waals surface area contributed by atoms with Gasteiger partial charge in [-0.2, -0.15) is 0 Å². The zero-order valence-corrected chi connectivity index (χ0v) is 14.6. The summed E-state index contributed by atoms with van der Waals surface area (Å²) in [5, 5.41) is 13.2. The van der Waals surface area contributed by atoms with Crippen molar-refractivity contribution in [3.63, 3.8) is 0 Å². The number of hydrogen-bond acceptors (Lipinski definition) is 4. The van der Waals surface area contributed by atoms with Crippen molar-refractivity contribution in [2.24, 2.45) is 0 Å². The van der Waals surface area contributed by atoms with E-state index in [0.29, 0.717) is 5.82 Å². The van der Waals surface area contributed by atoms with Crippen LogP contribution in [0.25, 0.3) is 21.5 Å². The van der Waals surface area contributed by atoms with Gasteiger partial charge in [0, 0.05) is 23.9 Å². The summed E-state index contributed by atoms with van der Waals surface area (Å²) in [5.41, 5.74) is 6.12. The summed E-state index contributed by atoms with van der Waals surface area (Å²) in [6.07, 6.45) is 4.66. The van der Waals surface area contributed by atoms with Gasteiger partial charge in [0.05, 0.1) is 0 Å². The first-order valence-electron chi connectivity index (χ1n) is 8.94. The summed E-state index contributed by atoms with van der Waals surface area (Å²) in [5.74, 6) is 1.47. The van der Waals surface area contributed by atoms with Gasteiger partial charge in [-0.25, -0.2) is 0 Å². The molecule has 0 bridgehead atoms. The highest BCUT2D eigenvalue weighted by atomic mass is 15.3. The molecule has 126 valence electrons. The van der Waals surface area contributed by atoms with Crippen LogP contribution in [0.3, 0.4) is 0 Å². The minimum Gasteiger partial charge on any atom is -0.382 e. The average Bonchev–Trinajstić information content (AvgIpc) is 2.61. The van der Waals surface area contributed by atoms with Crippen molar-refractivity contribution < 1.29 is 0 Å². The van der Waals surface area contributed by atoms with Gasteiger partial charge in [0.15, 0.2) is 11.6 Å². The van der Waals surface area contributed by atoms with Gasteiger partial charge in [-0.15, -0.1) is 10.2 Å². The number of anilines is 2. The fourth-order valence-corrected chi connectivity index (χ4v) is 3.10. The molecule has 0 radical (unpaired) electrons. The molecule has 4 nitrogen and oxygen atoms in total. The Bertz CT molecular complexity index is 820. The SMILES string of the molecule is CCCCN(CCCC)c1nnc(N)c2cc3ccccc3cc12. The average molecular weight is 322 g/mol. The lowest BCUT2D eigenvalue weighted by molar-refractivity contribution is 0.669. The number of nitrogens with two attached hydrogens (primary N) is 1. The Balaban J connectivity index is 2.14. The molecule has 2 N–H and O–H groups in total. The third-order valence-corrected chi connectivity index (χ3v) is 4.52. The predicted octanol–water partition coefficient (Wildman–Crippen LogP) is 4.77. The molecular formula is C20H26N4. The lowest BCUT2D eigenvalue weighted by Crippen LogP contribution is -2.27. The van der Waals surface area contributed by atoms with Gasteiger partial charge in [-0.1, -0.05) is 51.0 Å². The molecule has 3 rings (SSSR count). The first-order chi connectivity index (χ1) is 11.7. The van der Waals surface area contributed by atoms with Gasteiger partial charge in [0.2, 0.25) is 0 Å². The topological polar surface area (TPSA) is 55.0 Å². The highest BCUT2D eigenvalue weighted by Gasteiger charge is 2.14. The van der Waals surface area contributed by atoms with E-state index < -0.39 is 0 Å². The lowest BCUT2D eigenvalue weighted by atomic mass is 10.0. The van der Waals surface area contributed by atoms with Crippen LogP contribution in [0.5, 0.6) is 0 Å². The van der Waals surface area contributed by atoms with Crippen LogP contribution in [0, 0.1) is 0 Å². The Labute approximate surface area is 143 Å². The van der Waals surface area contributed by atoms with Crippen LogP contribution >= 0.6 is 0 Å². The number of unbranched alkanes of at least 4 members (excludes halogenated alkanes) is 2. The first-order valence-corrected chi connectivity index (χ1v) is 8.94. The number of fused-ring (bicyclic) bond motifs is 2. The minimum atomic E-state index is 0.505. The first kappa shape index (κ1) is 16.5. The van der Waals surface area contributed by atoms with Crippen molar-refractivity contribution in [3.8, 4) is 0 Å². The quantitative estimate of drug-likeness (QED) is 0.636. The number of hydrogen-bond donors (Lipinski definition) is 1. The van der Waals surface area contributed by atoms with Gasteiger partial charge in [-0.3, -0.25) is 0 Å². The molecule has 1 aromatic heterocycles. The van der Waals surface area contributed by atoms with E-state index in [-0.39, 0.29) is 0 Å². The Morgan fingerprint density at radius 3 is 2.04 bits per heavy atom. The van der Waals surface area contributed by atoms with Gasteiger partial charge in [-0.05, 0) is 35.7 Å². The van der Waals surface area contributed by atoms with E-state index in [0.717, 1.165) is 42.5 Å². The molecule has 2 aromatic carbocycles. The Morgan fingerprint density at radius 1 is 0.875 bits per heavy atom. The van der Waals surface area contributed by atoms with Gasteiger partial charge in [0.25, 0.3) is 0 Å². The third-order valence-electron chi connectivity index (χ3n) is 4.52. The monoisotopic (exact) mass is 322 g/mol. The third kappa shape index (κ3) is 3.28. The number of nitrogens with zero attached hydrogens (tertiary/aromatic N) is 3. The smallest absolute Gasteiger partial charge is 0.159 e. The van der Waals surface area contributed by atoms with E-state index in [9.17, 15) is 0 Å². The molecule has 0 aliphatic rings. The van der Waals surface area contributed by atoms with Gasteiger partial charge >= 0.3 is 0 Å². The van der Waals surface area contributed by atoms with Crippen LogP contribution in [-0.2, 0) is 0 Å². The van der Waals surface area contributed by atoms with E-state index in [1.54, 1.807) is 0 Å². The van der Waals surface area contributed by atoms with Crippen LogP contribution in [-0.4, -0.2) is 23.3 Å². The molecule has 0 aliphatic carbocycles. The second kappa shape index (κ2) is 7.47. The molecule has 0 unspecified atom stereocenters. The molecule has 0 amide bonds. The summed E-state index contributed by atoms with van der Waals surface area (Å²) < 4.78 is 0. The Hall–Kier alpha value is -2.36. The standard InChI is InChI=1S/C20H26N4/c1-3-5-11-24(12-6-4-2)20-18-14-16-10-8-7-9-15(16)13-17(18)19(21)22-23-20/h7-10,13-14H,3-6,11-12H2,1-2H3,(H2,21,22). The second-order valence-electron chi connectivity index (χ2n) is 6.35. The van der Waals surface area contributed by atoms with Gasteiger partial charge in [0.1, 0.15) is 0 Å². The van der Waals surface area contributed by atoms with Crippen LogP contribution in [0.2, 0.25) is 0 Å². The van der Waals surface area contributed by atoms with Crippen molar-refractivity contribution >= 4 is 33.2 Å². The Morgan fingerprint density at radius 2 is 1.46 bits per heavy atom. The van der Waals surface area contributed by atoms with Crippen molar-refractivity contribution in [2.45, 2.75) is 39.5 Å². The molecule has 3 aromatic rings. The maximum atomic E-state index is 6.12. The van der Waals surface area contributed by atoms with Crippen LogP contribution in [0.15, 0.2) is 36.4 Å². The van der Waals surface area contributed by atoms with Crippen molar-refractivity contribution in [1.82, 2.24) is 10.2 Å². The van der Waals surface area contributed by atoms with E-state index in [1.807, 2.05) is 0 Å².